The Balaban J connectivity index is 1.18. The molecular formula is C43H48N2O5S. The van der Waals surface area contributed by atoms with Crippen LogP contribution in [-0.2, 0) is 6.61 Å². The largest absolute Gasteiger partial charge is 0.493 e. The minimum absolute atomic E-state index is 0.0613. The molecule has 2 aliphatic rings. The molecule has 4 aromatic carbocycles. The van der Waals surface area contributed by atoms with Gasteiger partial charge in [-0.2, -0.15) is 0 Å². The molecule has 2 atom stereocenters. The molecular weight excluding hydrogens is 657 g/mol. The third kappa shape index (κ3) is 8.25. The molecule has 7 nitrogen and oxygen atoms in total. The fraction of sp³-hybridized carbons (Fsp3) is 0.372. The van der Waals surface area contributed by atoms with Gasteiger partial charge in [-0.05, 0) is 131 Å². The SMILES string of the molecule is COc1cc(C(=O)c2c(-c3ccc(OCCN4CCCC4)cc3)sc3cc(OCc4ccccc4)ccc23)ccc1O[C@H]1CCCC[C@@H]1N(C)C. The van der Waals surface area contributed by atoms with Gasteiger partial charge in [-0.15, -0.1) is 11.3 Å². The van der Waals surface area contributed by atoms with Crippen molar-refractivity contribution in [2.24, 2.45) is 0 Å². The number of rotatable bonds is 14. The minimum Gasteiger partial charge on any atom is -0.493 e. The Morgan fingerprint density at radius 2 is 1.59 bits per heavy atom. The van der Waals surface area contributed by atoms with Crippen molar-refractivity contribution in [1.29, 1.82) is 0 Å². The number of likely N-dealkylation sites (N-methyl/N-ethyl adjacent to an activating group) is 1. The van der Waals surface area contributed by atoms with Crippen molar-refractivity contribution in [1.82, 2.24) is 9.80 Å². The number of ether oxygens (including phenoxy) is 4. The van der Waals surface area contributed by atoms with E-state index in [0.29, 0.717) is 41.9 Å². The van der Waals surface area contributed by atoms with Crippen LogP contribution in [0.3, 0.4) is 0 Å². The zero-order valence-corrected chi connectivity index (χ0v) is 30.8. The van der Waals surface area contributed by atoms with Crippen LogP contribution in [0.4, 0.5) is 0 Å². The first-order valence-electron chi connectivity index (χ1n) is 18.2. The number of carbonyl (C=O) groups excluding carboxylic acids is 1. The van der Waals surface area contributed by atoms with Gasteiger partial charge >= 0.3 is 0 Å². The van der Waals surface area contributed by atoms with Gasteiger partial charge in [-0.3, -0.25) is 9.69 Å². The lowest BCUT2D eigenvalue weighted by Crippen LogP contribution is -2.44. The van der Waals surface area contributed by atoms with Gasteiger partial charge in [0.25, 0.3) is 0 Å². The summed E-state index contributed by atoms with van der Waals surface area (Å²) >= 11 is 1.61. The molecule has 5 aromatic rings. The average molecular weight is 705 g/mol. The summed E-state index contributed by atoms with van der Waals surface area (Å²) in [5, 5.41) is 0.897. The van der Waals surface area contributed by atoms with E-state index in [2.05, 4.69) is 48.2 Å². The molecule has 2 heterocycles. The number of carbonyl (C=O) groups is 1. The Kier molecular flexibility index (Phi) is 11.2. The maximum absolute atomic E-state index is 14.6. The number of fused-ring (bicyclic) bond motifs is 1. The van der Waals surface area contributed by atoms with Crippen LogP contribution in [0.5, 0.6) is 23.0 Å². The predicted octanol–water partition coefficient (Wildman–Crippen LogP) is 9.11. The number of likely N-dealkylation sites (tertiary alicyclic amines) is 1. The van der Waals surface area contributed by atoms with E-state index in [1.54, 1.807) is 18.4 Å². The van der Waals surface area contributed by atoms with Crippen molar-refractivity contribution in [3.63, 3.8) is 0 Å². The van der Waals surface area contributed by atoms with E-state index in [-0.39, 0.29) is 11.9 Å². The molecule has 0 radical (unpaired) electrons. The standard InChI is InChI=1S/C43H48N2O5S/c1-44(2)36-13-7-8-14-37(36)50-38-22-17-32(27-39(38)47-3)42(46)41-35-21-20-34(49-29-30-11-5-4-6-12-30)28-40(35)51-43(41)31-15-18-33(19-16-31)48-26-25-45-23-9-10-24-45/h4-6,11-12,15-22,27-28,36-37H,7-10,13-14,23-26,29H2,1-3H3/t36-,37-/m0/s1. The molecule has 8 heteroatoms. The first-order valence-corrected chi connectivity index (χ1v) is 19.0. The molecule has 0 N–H and O–H groups in total. The van der Waals surface area contributed by atoms with Crippen molar-refractivity contribution in [3.05, 3.63) is 108 Å². The number of ketones is 1. The van der Waals surface area contributed by atoms with Gasteiger partial charge in [0.1, 0.15) is 30.8 Å². The Labute approximate surface area is 305 Å². The number of nitrogens with zero attached hydrogens (tertiary/aromatic N) is 2. The molecule has 1 saturated carbocycles. The maximum atomic E-state index is 14.6. The third-order valence-electron chi connectivity index (χ3n) is 10.2. The van der Waals surface area contributed by atoms with Gasteiger partial charge in [0.15, 0.2) is 17.3 Å². The maximum Gasteiger partial charge on any atom is 0.195 e. The van der Waals surface area contributed by atoms with E-state index in [4.69, 9.17) is 18.9 Å². The molecule has 0 bridgehead atoms. The molecule has 1 saturated heterocycles. The molecule has 0 spiro atoms. The number of hydrogen-bond donors (Lipinski definition) is 0. The van der Waals surface area contributed by atoms with Gasteiger partial charge < -0.3 is 23.8 Å². The average Bonchev–Trinajstić information content (AvgIpc) is 3.83. The zero-order chi connectivity index (χ0) is 35.2. The lowest BCUT2D eigenvalue weighted by molar-refractivity contribution is 0.0601. The summed E-state index contributed by atoms with van der Waals surface area (Å²) < 4.78 is 25.7. The highest BCUT2D eigenvalue weighted by molar-refractivity contribution is 7.22. The van der Waals surface area contributed by atoms with Crippen LogP contribution in [0, 0.1) is 0 Å². The molecule has 0 unspecified atom stereocenters. The van der Waals surface area contributed by atoms with Crippen LogP contribution >= 0.6 is 11.3 Å². The Morgan fingerprint density at radius 1 is 0.824 bits per heavy atom. The fourth-order valence-electron chi connectivity index (χ4n) is 7.36. The van der Waals surface area contributed by atoms with Gasteiger partial charge in [0.2, 0.25) is 0 Å². The first-order chi connectivity index (χ1) is 25.0. The highest BCUT2D eigenvalue weighted by Crippen LogP contribution is 2.43. The molecule has 7 rings (SSSR count). The number of benzene rings is 4. The van der Waals surface area contributed by atoms with Gasteiger partial charge in [-0.1, -0.05) is 36.8 Å². The highest BCUT2D eigenvalue weighted by Gasteiger charge is 2.30. The van der Waals surface area contributed by atoms with Crippen LogP contribution in [0.25, 0.3) is 20.5 Å². The first kappa shape index (κ1) is 35.1. The monoisotopic (exact) mass is 704 g/mol. The summed E-state index contributed by atoms with van der Waals surface area (Å²) in [5.41, 5.74) is 3.30. The summed E-state index contributed by atoms with van der Waals surface area (Å²) in [6.07, 6.45) is 7.07. The van der Waals surface area contributed by atoms with Crippen molar-refractivity contribution in [2.75, 3.05) is 47.4 Å². The number of methoxy groups -OCH3 is 1. The van der Waals surface area contributed by atoms with Crippen molar-refractivity contribution < 1.29 is 23.7 Å². The second-order valence-corrected chi connectivity index (χ2v) is 14.9. The van der Waals surface area contributed by atoms with Gasteiger partial charge in [-0.25, -0.2) is 0 Å². The normalized spacial score (nSPS) is 17.9. The summed E-state index contributed by atoms with van der Waals surface area (Å²) in [5.74, 6) is 2.77. The number of hydrogen-bond acceptors (Lipinski definition) is 8. The summed E-state index contributed by atoms with van der Waals surface area (Å²) in [6.45, 7) is 4.39. The third-order valence-corrected chi connectivity index (χ3v) is 11.4. The van der Waals surface area contributed by atoms with Gasteiger partial charge in [0, 0.05) is 38.7 Å². The predicted molar refractivity (Wildman–Crippen MR) is 206 cm³/mol. The van der Waals surface area contributed by atoms with E-state index in [1.165, 1.54) is 19.3 Å². The van der Waals surface area contributed by atoms with E-state index >= 15 is 0 Å². The molecule has 1 aliphatic heterocycles. The van der Waals surface area contributed by atoms with E-state index in [9.17, 15) is 4.79 Å². The van der Waals surface area contributed by atoms with E-state index in [0.717, 1.165) is 76.5 Å². The van der Waals surface area contributed by atoms with E-state index < -0.39 is 0 Å². The molecule has 266 valence electrons. The van der Waals surface area contributed by atoms with Crippen molar-refractivity contribution >= 4 is 27.2 Å². The lowest BCUT2D eigenvalue weighted by Gasteiger charge is -2.36. The molecule has 0 amide bonds. The molecule has 1 aromatic heterocycles. The minimum atomic E-state index is -0.0613. The quantitative estimate of drug-likeness (QED) is 0.107. The van der Waals surface area contributed by atoms with Crippen molar-refractivity contribution in [2.45, 2.75) is 57.3 Å². The van der Waals surface area contributed by atoms with Crippen LogP contribution in [0.2, 0.25) is 0 Å². The molecule has 2 fully saturated rings. The number of thiophene rings is 1. The zero-order valence-electron chi connectivity index (χ0n) is 29.9. The Hall–Kier alpha value is -4.37. The Bertz CT molecular complexity index is 1920. The van der Waals surface area contributed by atoms with Crippen LogP contribution in [0.15, 0.2) is 91.0 Å². The van der Waals surface area contributed by atoms with Crippen molar-refractivity contribution in [3.8, 4) is 33.4 Å². The van der Waals surface area contributed by atoms with E-state index in [1.807, 2.05) is 66.7 Å². The second kappa shape index (κ2) is 16.3. The van der Waals surface area contributed by atoms with Crippen LogP contribution in [-0.4, -0.2) is 75.2 Å². The smallest absolute Gasteiger partial charge is 0.195 e. The van der Waals surface area contributed by atoms with Crippen LogP contribution < -0.4 is 18.9 Å². The summed E-state index contributed by atoms with van der Waals surface area (Å²) in [7, 11) is 5.86. The summed E-state index contributed by atoms with van der Waals surface area (Å²) in [4.78, 5) is 20.2. The fourth-order valence-corrected chi connectivity index (χ4v) is 8.59. The second-order valence-electron chi connectivity index (χ2n) is 13.8. The highest BCUT2D eigenvalue weighted by atomic mass is 32.1. The lowest BCUT2D eigenvalue weighted by atomic mass is 9.91. The topological polar surface area (TPSA) is 60.5 Å². The summed E-state index contributed by atoms with van der Waals surface area (Å²) in [6, 6.07) is 30.2. The van der Waals surface area contributed by atoms with Gasteiger partial charge in [0.05, 0.1) is 7.11 Å². The van der Waals surface area contributed by atoms with Crippen LogP contribution in [0.1, 0.15) is 60.0 Å². The molecule has 51 heavy (non-hydrogen) atoms. The Morgan fingerprint density at radius 3 is 2.35 bits per heavy atom. The molecule has 1 aliphatic carbocycles.